The Labute approximate surface area is 136 Å². The molecule has 2 saturated heterocycles. The van der Waals surface area contributed by atoms with Crippen molar-refractivity contribution in [1.82, 2.24) is 5.32 Å². The number of rotatable bonds is 5. The molecule has 0 radical (unpaired) electrons. The van der Waals surface area contributed by atoms with Crippen molar-refractivity contribution >= 4 is 15.7 Å². The lowest BCUT2D eigenvalue weighted by atomic mass is 10.1. The highest BCUT2D eigenvalue weighted by Crippen LogP contribution is 2.18. The molecule has 2 aliphatic heterocycles. The van der Waals surface area contributed by atoms with Gasteiger partial charge in [0.05, 0.1) is 17.6 Å². The molecule has 1 aromatic carbocycles. The summed E-state index contributed by atoms with van der Waals surface area (Å²) in [7, 11) is -3.00. The minimum Gasteiger partial charge on any atom is -0.491 e. The molecule has 3 rings (SSSR count). The molecule has 2 fully saturated rings. The summed E-state index contributed by atoms with van der Waals surface area (Å²) in [6.45, 7) is 1.26. The third kappa shape index (κ3) is 4.45. The van der Waals surface area contributed by atoms with Gasteiger partial charge in [-0.05, 0) is 37.5 Å². The molecule has 1 N–H and O–H groups in total. The first-order valence-electron chi connectivity index (χ1n) is 7.88. The molecule has 2 unspecified atom stereocenters. The Hall–Kier alpha value is -1.60. The first-order valence-corrected chi connectivity index (χ1v) is 9.70. The fourth-order valence-electron chi connectivity index (χ4n) is 2.87. The van der Waals surface area contributed by atoms with Crippen molar-refractivity contribution in [2.24, 2.45) is 0 Å². The smallest absolute Gasteiger partial charge is 0.251 e. The number of amides is 1. The van der Waals surface area contributed by atoms with E-state index in [-0.39, 0.29) is 29.6 Å². The fraction of sp³-hybridized carbons (Fsp3) is 0.562. The molecule has 23 heavy (non-hydrogen) atoms. The summed E-state index contributed by atoms with van der Waals surface area (Å²) in [5.74, 6) is 0.512. The van der Waals surface area contributed by atoms with Crippen molar-refractivity contribution < 1.29 is 22.7 Å². The molecule has 2 heterocycles. The molecule has 0 aliphatic carbocycles. The average Bonchev–Trinajstić information content (AvgIpc) is 3.15. The second kappa shape index (κ2) is 6.88. The van der Waals surface area contributed by atoms with E-state index in [0.717, 1.165) is 19.4 Å². The Morgan fingerprint density at radius 3 is 2.91 bits per heavy atom. The van der Waals surface area contributed by atoms with Gasteiger partial charge in [-0.2, -0.15) is 0 Å². The van der Waals surface area contributed by atoms with Gasteiger partial charge in [0.1, 0.15) is 12.4 Å². The Morgan fingerprint density at radius 1 is 1.35 bits per heavy atom. The van der Waals surface area contributed by atoms with Crippen LogP contribution in [0.2, 0.25) is 0 Å². The van der Waals surface area contributed by atoms with Gasteiger partial charge in [0.2, 0.25) is 0 Å². The zero-order chi connectivity index (χ0) is 16.3. The van der Waals surface area contributed by atoms with Crippen LogP contribution in [0.1, 0.15) is 29.6 Å². The third-order valence-electron chi connectivity index (χ3n) is 4.12. The molecule has 2 aliphatic rings. The van der Waals surface area contributed by atoms with E-state index in [9.17, 15) is 13.2 Å². The summed E-state index contributed by atoms with van der Waals surface area (Å²) in [5, 5.41) is 2.78. The molecule has 0 spiro atoms. The van der Waals surface area contributed by atoms with Gasteiger partial charge in [0.15, 0.2) is 9.84 Å². The molecular formula is C16H21NO5S. The van der Waals surface area contributed by atoms with Crippen LogP contribution in [0.3, 0.4) is 0 Å². The van der Waals surface area contributed by atoms with Crippen molar-refractivity contribution in [3.8, 4) is 5.75 Å². The molecule has 126 valence electrons. The van der Waals surface area contributed by atoms with Crippen LogP contribution >= 0.6 is 0 Å². The van der Waals surface area contributed by atoms with Crippen LogP contribution < -0.4 is 10.1 Å². The van der Waals surface area contributed by atoms with Crippen LogP contribution in [-0.4, -0.2) is 51.2 Å². The van der Waals surface area contributed by atoms with Gasteiger partial charge in [-0.1, -0.05) is 6.07 Å². The maximum atomic E-state index is 12.2. The number of ether oxygens (including phenoxy) is 2. The summed E-state index contributed by atoms with van der Waals surface area (Å²) in [4.78, 5) is 12.2. The maximum Gasteiger partial charge on any atom is 0.251 e. The minimum atomic E-state index is -3.00. The van der Waals surface area contributed by atoms with Crippen molar-refractivity contribution in [3.05, 3.63) is 29.8 Å². The van der Waals surface area contributed by atoms with Gasteiger partial charge >= 0.3 is 0 Å². The van der Waals surface area contributed by atoms with Gasteiger partial charge in [-0.25, -0.2) is 8.42 Å². The Bertz CT molecular complexity index is 667. The van der Waals surface area contributed by atoms with Crippen LogP contribution in [0.4, 0.5) is 0 Å². The van der Waals surface area contributed by atoms with Crippen LogP contribution in [0.15, 0.2) is 24.3 Å². The van der Waals surface area contributed by atoms with E-state index in [4.69, 9.17) is 9.47 Å². The maximum absolute atomic E-state index is 12.2. The molecular weight excluding hydrogens is 318 g/mol. The molecule has 6 nitrogen and oxygen atoms in total. The number of benzene rings is 1. The second-order valence-electron chi connectivity index (χ2n) is 6.05. The highest BCUT2D eigenvalue weighted by molar-refractivity contribution is 7.91. The summed E-state index contributed by atoms with van der Waals surface area (Å²) in [6, 6.07) is 6.62. The largest absolute Gasteiger partial charge is 0.491 e. The van der Waals surface area contributed by atoms with Crippen molar-refractivity contribution in [2.45, 2.75) is 31.4 Å². The highest BCUT2D eigenvalue weighted by Gasteiger charge is 2.29. The number of nitrogens with one attached hydrogen (secondary N) is 1. The van der Waals surface area contributed by atoms with Gasteiger partial charge in [-0.15, -0.1) is 0 Å². The van der Waals surface area contributed by atoms with Gasteiger partial charge < -0.3 is 14.8 Å². The Morgan fingerprint density at radius 2 is 2.22 bits per heavy atom. The molecule has 1 amide bonds. The minimum absolute atomic E-state index is 0.0218. The average molecular weight is 339 g/mol. The summed E-state index contributed by atoms with van der Waals surface area (Å²) >= 11 is 0. The summed E-state index contributed by atoms with van der Waals surface area (Å²) in [5.41, 5.74) is 0.471. The first kappa shape index (κ1) is 16.3. The summed E-state index contributed by atoms with van der Waals surface area (Å²) in [6.07, 6.45) is 2.65. The Balaban J connectivity index is 1.56. The number of carbonyl (C=O) groups excluding carboxylic acids is 1. The standard InChI is InChI=1S/C16H21NO5S/c18-16(17-13-6-8-23(19,20)11-13)12-3-1-4-14(9-12)22-10-15-5-2-7-21-15/h1,3-4,9,13,15H,2,5-8,10-11H2,(H,17,18). The van der Waals surface area contributed by atoms with Gasteiger partial charge in [-0.3, -0.25) is 4.79 Å². The lowest BCUT2D eigenvalue weighted by Crippen LogP contribution is -2.35. The SMILES string of the molecule is O=C(NC1CCS(=O)(=O)C1)c1cccc(OCC2CCCO2)c1. The Kier molecular flexibility index (Phi) is 4.87. The zero-order valence-corrected chi connectivity index (χ0v) is 13.7. The summed E-state index contributed by atoms with van der Waals surface area (Å²) < 4.78 is 34.1. The molecule has 1 aromatic rings. The van der Waals surface area contributed by atoms with Crippen molar-refractivity contribution in [2.75, 3.05) is 24.7 Å². The fourth-order valence-corrected chi connectivity index (χ4v) is 4.54. The van der Waals surface area contributed by atoms with Crippen LogP contribution in [0.25, 0.3) is 0 Å². The molecule has 0 bridgehead atoms. The topological polar surface area (TPSA) is 81.7 Å². The number of sulfone groups is 1. The monoisotopic (exact) mass is 339 g/mol. The van der Waals surface area contributed by atoms with E-state index in [1.165, 1.54) is 0 Å². The van der Waals surface area contributed by atoms with Crippen LogP contribution in [-0.2, 0) is 14.6 Å². The predicted molar refractivity (Wildman–Crippen MR) is 85.4 cm³/mol. The van der Waals surface area contributed by atoms with Crippen LogP contribution in [0.5, 0.6) is 5.75 Å². The third-order valence-corrected chi connectivity index (χ3v) is 5.89. The lowest BCUT2D eigenvalue weighted by molar-refractivity contribution is 0.0679. The second-order valence-corrected chi connectivity index (χ2v) is 8.28. The van der Waals surface area contributed by atoms with Gasteiger partial charge in [0.25, 0.3) is 5.91 Å². The van der Waals surface area contributed by atoms with Crippen molar-refractivity contribution in [1.29, 1.82) is 0 Å². The molecule has 7 heteroatoms. The number of carbonyl (C=O) groups is 1. The van der Waals surface area contributed by atoms with E-state index in [1.807, 2.05) is 0 Å². The van der Waals surface area contributed by atoms with E-state index < -0.39 is 9.84 Å². The molecule has 0 saturated carbocycles. The highest BCUT2D eigenvalue weighted by atomic mass is 32.2. The normalized spacial score (nSPS) is 26.1. The van der Waals surface area contributed by atoms with E-state index in [1.54, 1.807) is 24.3 Å². The molecule has 2 atom stereocenters. The quantitative estimate of drug-likeness (QED) is 0.871. The first-order chi connectivity index (χ1) is 11.0. The lowest BCUT2D eigenvalue weighted by Gasteiger charge is -2.13. The van der Waals surface area contributed by atoms with Crippen LogP contribution in [0, 0.1) is 0 Å². The zero-order valence-electron chi connectivity index (χ0n) is 12.9. The molecule has 0 aromatic heterocycles. The number of hydrogen-bond acceptors (Lipinski definition) is 5. The van der Waals surface area contributed by atoms with E-state index >= 15 is 0 Å². The van der Waals surface area contributed by atoms with E-state index in [2.05, 4.69) is 5.32 Å². The number of hydrogen-bond donors (Lipinski definition) is 1. The predicted octanol–water partition coefficient (Wildman–Crippen LogP) is 1.16. The van der Waals surface area contributed by atoms with Crippen molar-refractivity contribution in [3.63, 3.8) is 0 Å². The van der Waals surface area contributed by atoms with Gasteiger partial charge in [0, 0.05) is 18.2 Å². The van der Waals surface area contributed by atoms with E-state index in [0.29, 0.717) is 24.3 Å².